The molecule has 0 unspecified atom stereocenters. The lowest BCUT2D eigenvalue weighted by molar-refractivity contribution is -0.119. The summed E-state index contributed by atoms with van der Waals surface area (Å²) in [6.45, 7) is 4.20. The summed E-state index contributed by atoms with van der Waals surface area (Å²) in [6, 6.07) is 9.19. The van der Waals surface area contributed by atoms with Crippen molar-refractivity contribution < 1.29 is 28.3 Å². The van der Waals surface area contributed by atoms with Crippen LogP contribution in [0.3, 0.4) is 0 Å². The highest BCUT2D eigenvalue weighted by atomic mass is 32.2. The Labute approximate surface area is 230 Å². The van der Waals surface area contributed by atoms with Gasteiger partial charge in [0.05, 0.1) is 18.6 Å². The average Bonchev–Trinajstić information content (AvgIpc) is 3.36. The molecule has 210 valence electrons. The molecular weight excluding hydrogens is 545 g/mol. The Hall–Kier alpha value is -2.75. The quantitative estimate of drug-likeness (QED) is 0.140. The summed E-state index contributed by atoms with van der Waals surface area (Å²) < 4.78 is 32.1. The van der Waals surface area contributed by atoms with E-state index in [4.69, 9.17) is 20.2 Å². The van der Waals surface area contributed by atoms with E-state index in [1.807, 2.05) is 30.3 Å². The minimum Gasteiger partial charge on any atom is -0.395 e. The fourth-order valence-corrected chi connectivity index (χ4v) is 5.57. The second kappa shape index (κ2) is 13.1. The van der Waals surface area contributed by atoms with Crippen LogP contribution in [0.25, 0.3) is 0 Å². The van der Waals surface area contributed by atoms with Gasteiger partial charge in [0, 0.05) is 24.1 Å². The van der Waals surface area contributed by atoms with Crippen LogP contribution in [0.4, 0.5) is 0 Å². The van der Waals surface area contributed by atoms with Gasteiger partial charge in [-0.1, -0.05) is 48.0 Å². The van der Waals surface area contributed by atoms with Gasteiger partial charge < -0.3 is 9.84 Å². The summed E-state index contributed by atoms with van der Waals surface area (Å²) in [5.74, 6) is 2.65. The molecule has 3 rings (SSSR count). The second-order valence-electron chi connectivity index (χ2n) is 9.48. The van der Waals surface area contributed by atoms with Gasteiger partial charge >= 0.3 is 13.4 Å². The molecule has 0 radical (unpaired) electrons. The number of aromatic amines is 1. The number of terminal acetylenes is 1. The smallest absolute Gasteiger partial charge is 0.395 e. The minimum absolute atomic E-state index is 0.0919. The molecule has 2 heterocycles. The van der Waals surface area contributed by atoms with Crippen molar-refractivity contribution in [2.75, 3.05) is 25.6 Å². The molecule has 13 heteroatoms. The Morgan fingerprint density at radius 1 is 1.33 bits per heavy atom. The lowest BCUT2D eigenvalue weighted by Gasteiger charge is -2.27. The highest BCUT2D eigenvalue weighted by Gasteiger charge is 2.39. The number of hydrogen-bond donors (Lipinski definition) is 3. The van der Waals surface area contributed by atoms with Crippen molar-refractivity contribution in [1.29, 1.82) is 0 Å². The highest BCUT2D eigenvalue weighted by Crippen LogP contribution is 2.46. The van der Waals surface area contributed by atoms with E-state index in [2.05, 4.69) is 16.0 Å². The van der Waals surface area contributed by atoms with Crippen LogP contribution in [0.5, 0.6) is 0 Å². The number of ether oxygens (including phenoxy) is 1. The summed E-state index contributed by atoms with van der Waals surface area (Å²) in [7, 11) is -3.97. The molecule has 1 aromatic carbocycles. The summed E-state index contributed by atoms with van der Waals surface area (Å²) in [5.41, 5.74) is -2.43. The molecule has 1 aromatic heterocycles. The molecule has 2 aromatic rings. The molecule has 0 saturated carbocycles. The zero-order valence-corrected chi connectivity index (χ0v) is 23.6. The number of aliphatic hydroxyl groups is 1. The van der Waals surface area contributed by atoms with Crippen LogP contribution < -0.4 is 16.3 Å². The van der Waals surface area contributed by atoms with Crippen LogP contribution >= 0.6 is 19.5 Å². The number of thioether (sulfide) groups is 1. The first kappa shape index (κ1) is 30.8. The molecule has 1 aliphatic rings. The molecule has 0 aliphatic carbocycles. The molecule has 0 saturated heterocycles. The number of benzene rings is 1. The Balaban J connectivity index is 1.69. The topological polar surface area (TPSA) is 149 Å². The van der Waals surface area contributed by atoms with Gasteiger partial charge in [-0.3, -0.25) is 28.2 Å². The molecule has 0 amide bonds. The van der Waals surface area contributed by atoms with Gasteiger partial charge in [0.15, 0.2) is 16.9 Å². The Morgan fingerprint density at radius 2 is 2.05 bits per heavy atom. The lowest BCUT2D eigenvalue weighted by Crippen LogP contribution is -2.37. The van der Waals surface area contributed by atoms with Crippen molar-refractivity contribution in [3.05, 3.63) is 80.6 Å². The third kappa shape index (κ3) is 8.13. The number of hydrogen-bond acceptors (Lipinski definition) is 9. The number of aromatic nitrogens is 2. The van der Waals surface area contributed by atoms with E-state index in [-0.39, 0.29) is 37.2 Å². The van der Waals surface area contributed by atoms with Crippen LogP contribution in [-0.2, 0) is 29.7 Å². The number of rotatable bonds is 13. The van der Waals surface area contributed by atoms with E-state index in [0.29, 0.717) is 5.56 Å². The van der Waals surface area contributed by atoms with E-state index in [1.165, 1.54) is 22.9 Å². The van der Waals surface area contributed by atoms with Crippen molar-refractivity contribution in [2.24, 2.45) is 5.41 Å². The van der Waals surface area contributed by atoms with Crippen LogP contribution in [-0.4, -0.2) is 50.9 Å². The van der Waals surface area contributed by atoms with Crippen LogP contribution in [0.1, 0.15) is 31.2 Å². The zero-order chi connectivity index (χ0) is 28.7. The summed E-state index contributed by atoms with van der Waals surface area (Å²) in [4.78, 5) is 38.5. The van der Waals surface area contributed by atoms with Gasteiger partial charge in [0.1, 0.15) is 6.61 Å². The summed E-state index contributed by atoms with van der Waals surface area (Å²) in [6.07, 6.45) is 9.22. The van der Waals surface area contributed by atoms with Crippen molar-refractivity contribution in [3.63, 3.8) is 0 Å². The normalized spacial score (nSPS) is 20.4. The third-order valence-electron chi connectivity index (χ3n) is 5.82. The third-order valence-corrected chi connectivity index (χ3v) is 8.54. The number of nitrogens with zero attached hydrogens (tertiary/aromatic N) is 1. The maximum Gasteiger partial charge on any atom is 0.405 e. The number of aryl methyl sites for hydroxylation is 1. The van der Waals surface area contributed by atoms with Gasteiger partial charge in [-0.25, -0.2) is 14.4 Å². The fraction of sp³-hybridized carbons (Fsp3) is 0.423. The first-order valence-corrected chi connectivity index (χ1v) is 14.6. The van der Waals surface area contributed by atoms with Gasteiger partial charge in [-0.05, 0) is 38.5 Å². The van der Waals surface area contributed by atoms with Crippen LogP contribution in [0.2, 0.25) is 0 Å². The van der Waals surface area contributed by atoms with E-state index in [1.54, 1.807) is 20.8 Å². The predicted octanol–water partition coefficient (Wildman–Crippen LogP) is 2.51. The molecule has 39 heavy (non-hydrogen) atoms. The average molecular weight is 578 g/mol. The lowest BCUT2D eigenvalue weighted by atomic mass is 9.97. The molecule has 1 aliphatic heterocycles. The van der Waals surface area contributed by atoms with E-state index >= 15 is 0 Å². The van der Waals surface area contributed by atoms with Gasteiger partial charge in [-0.15, -0.1) is 6.42 Å². The van der Waals surface area contributed by atoms with Gasteiger partial charge in [0.25, 0.3) is 5.56 Å². The molecule has 3 N–H and O–H groups in total. The minimum atomic E-state index is -3.97. The number of H-pyrrole nitrogens is 1. The molecule has 11 nitrogen and oxygen atoms in total. The molecule has 3 atom stereocenters. The summed E-state index contributed by atoms with van der Waals surface area (Å²) >= 11 is 0.957. The van der Waals surface area contributed by atoms with Crippen molar-refractivity contribution in [1.82, 2.24) is 14.6 Å². The predicted molar refractivity (Wildman–Crippen MR) is 148 cm³/mol. The van der Waals surface area contributed by atoms with Gasteiger partial charge in [-0.2, -0.15) is 0 Å². The van der Waals surface area contributed by atoms with Crippen LogP contribution in [0.15, 0.2) is 58.3 Å². The van der Waals surface area contributed by atoms with Gasteiger partial charge in [0.2, 0.25) is 0 Å². The molecule has 0 fully saturated rings. The Kier molecular flexibility index (Phi) is 10.3. The monoisotopic (exact) mass is 577 g/mol. The van der Waals surface area contributed by atoms with E-state index in [0.717, 1.165) is 17.3 Å². The van der Waals surface area contributed by atoms with Crippen molar-refractivity contribution in [3.8, 4) is 12.3 Å². The van der Waals surface area contributed by atoms with E-state index < -0.39 is 36.2 Å². The number of nitrogens with one attached hydrogen (secondary N) is 2. The standard InChI is InChI=1S/C26H32N3O8PS/c1-5-26(12-11-21(37-26)29-16-19(2)22(31)28-24(29)33)18-36-38(34,27-15-20-9-7-6-8-10-20)35-13-14-39-23(32)25(3,4)17-30/h1,6-12,16,21,30H,13-15,17-18H2,2-4H3,(H,27,34)(H,28,31,33)/t21-,26+,38+/m1/s1. The summed E-state index contributed by atoms with van der Waals surface area (Å²) in [5, 5.41) is 12.0. The number of carbonyl (C=O) groups excluding carboxylic acids is 1. The van der Waals surface area contributed by atoms with Crippen molar-refractivity contribution in [2.45, 2.75) is 39.1 Å². The maximum absolute atomic E-state index is 13.7. The SMILES string of the molecule is C#C[C@@]1(CO[P@](=O)(NCc2ccccc2)OCCSC(=O)C(C)(C)CO)C=C[C@H](n2cc(C)c(=O)[nH]c2=O)O1. The van der Waals surface area contributed by atoms with Crippen LogP contribution in [0, 0.1) is 24.7 Å². The largest absolute Gasteiger partial charge is 0.405 e. The Morgan fingerprint density at radius 3 is 2.72 bits per heavy atom. The first-order valence-electron chi connectivity index (χ1n) is 12.1. The van der Waals surface area contributed by atoms with Crippen molar-refractivity contribution >= 4 is 24.6 Å². The molecule has 0 spiro atoms. The molecule has 0 bridgehead atoms. The molecular formula is C26H32N3O8PS. The number of aliphatic hydroxyl groups excluding tert-OH is 1. The first-order chi connectivity index (χ1) is 18.4. The van der Waals surface area contributed by atoms with E-state index in [9.17, 15) is 24.1 Å². The highest BCUT2D eigenvalue weighted by molar-refractivity contribution is 8.13. The maximum atomic E-state index is 13.7. The Bertz CT molecular complexity index is 1400. The fourth-order valence-electron chi connectivity index (χ4n) is 3.31. The number of carbonyl (C=O) groups is 1. The zero-order valence-electron chi connectivity index (χ0n) is 21.9. The second-order valence-corrected chi connectivity index (χ2v) is 12.4.